The third-order valence-corrected chi connectivity index (χ3v) is 2.15. The predicted octanol–water partition coefficient (Wildman–Crippen LogP) is 1.42. The molecule has 0 aliphatic rings. The molecular weight excluding hydrogens is 240 g/mol. The first-order valence-electron chi connectivity index (χ1n) is 4.82. The molecule has 1 heterocycles. The van der Waals surface area contributed by atoms with Gasteiger partial charge in [-0.25, -0.2) is 0 Å². The van der Waals surface area contributed by atoms with Crippen molar-refractivity contribution in [2.24, 2.45) is 0 Å². The van der Waals surface area contributed by atoms with Crippen molar-refractivity contribution in [2.75, 3.05) is 11.1 Å². The van der Waals surface area contributed by atoms with E-state index in [0.29, 0.717) is 5.69 Å². The number of nitro benzene ring substituents is 1. The van der Waals surface area contributed by atoms with E-state index in [1.54, 1.807) is 0 Å². The van der Waals surface area contributed by atoms with Crippen LogP contribution in [-0.2, 0) is 0 Å². The molecule has 0 unspecified atom stereocenters. The van der Waals surface area contributed by atoms with E-state index in [2.05, 4.69) is 15.0 Å². The molecule has 0 radical (unpaired) electrons. The van der Waals surface area contributed by atoms with Crippen LogP contribution in [0, 0.1) is 10.1 Å². The molecule has 3 N–H and O–H groups in total. The summed E-state index contributed by atoms with van der Waals surface area (Å²) in [5.41, 5.74) is 5.62. The Morgan fingerprint density at radius 2 is 2.28 bits per heavy atom. The van der Waals surface area contributed by atoms with Crippen molar-refractivity contribution in [1.29, 1.82) is 0 Å². The molecule has 8 heteroatoms. The van der Waals surface area contributed by atoms with Gasteiger partial charge in [0.15, 0.2) is 0 Å². The highest BCUT2D eigenvalue weighted by Gasteiger charge is 2.20. The Kier molecular flexibility index (Phi) is 2.92. The van der Waals surface area contributed by atoms with E-state index in [0.717, 1.165) is 0 Å². The van der Waals surface area contributed by atoms with Gasteiger partial charge in [0, 0.05) is 11.8 Å². The minimum Gasteiger partial charge on any atom is -0.399 e. The molecule has 1 aromatic heterocycles. The van der Waals surface area contributed by atoms with Crippen molar-refractivity contribution in [3.8, 4) is 0 Å². The quantitative estimate of drug-likeness (QED) is 0.480. The number of nitrogens with two attached hydrogens (primary N) is 1. The Hall–Kier alpha value is -2.90. The van der Waals surface area contributed by atoms with Crippen LogP contribution in [0.5, 0.6) is 0 Å². The second kappa shape index (κ2) is 4.53. The van der Waals surface area contributed by atoms with Gasteiger partial charge in [0.2, 0.25) is 0 Å². The number of aromatic nitrogens is 1. The van der Waals surface area contributed by atoms with Crippen molar-refractivity contribution in [3.63, 3.8) is 0 Å². The molecule has 0 aliphatic carbocycles. The number of hydrogen-bond donors (Lipinski definition) is 2. The summed E-state index contributed by atoms with van der Waals surface area (Å²) in [5.74, 6) is -0.655. The van der Waals surface area contributed by atoms with Crippen molar-refractivity contribution in [3.05, 3.63) is 46.3 Å². The van der Waals surface area contributed by atoms with Gasteiger partial charge in [-0.05, 0) is 12.1 Å². The minimum absolute atomic E-state index is 0.124. The first-order valence-corrected chi connectivity index (χ1v) is 4.82. The summed E-state index contributed by atoms with van der Waals surface area (Å²) < 4.78 is 4.53. The summed E-state index contributed by atoms with van der Waals surface area (Å²) in [7, 11) is 0. The number of nitrogens with zero attached hydrogens (tertiary/aromatic N) is 2. The maximum Gasteiger partial charge on any atom is 0.282 e. The van der Waals surface area contributed by atoms with E-state index in [1.165, 1.54) is 30.7 Å². The van der Waals surface area contributed by atoms with Gasteiger partial charge in [-0.15, -0.1) is 0 Å². The smallest absolute Gasteiger partial charge is 0.282 e. The van der Waals surface area contributed by atoms with Crippen LogP contribution in [0.4, 0.5) is 17.1 Å². The Labute approximate surface area is 101 Å². The van der Waals surface area contributed by atoms with E-state index in [9.17, 15) is 14.9 Å². The molecule has 0 aliphatic heterocycles. The molecule has 0 bridgehead atoms. The molecule has 0 fully saturated rings. The van der Waals surface area contributed by atoms with Crippen LogP contribution in [0.1, 0.15) is 10.4 Å². The highest BCUT2D eigenvalue weighted by atomic mass is 16.6. The number of nitrogen functional groups attached to an aromatic ring is 1. The Morgan fingerprint density at radius 1 is 1.50 bits per heavy atom. The third kappa shape index (κ3) is 2.26. The van der Waals surface area contributed by atoms with Crippen LogP contribution in [0.2, 0.25) is 0 Å². The van der Waals surface area contributed by atoms with E-state index < -0.39 is 10.8 Å². The molecule has 1 aromatic carbocycles. The SMILES string of the molecule is Nc1ccc([N+](=O)[O-])c(C(=O)Nc2cnoc2)c1. The normalized spacial score (nSPS) is 10.0. The van der Waals surface area contributed by atoms with E-state index in [1.807, 2.05) is 0 Å². The predicted molar refractivity (Wildman–Crippen MR) is 62.0 cm³/mol. The van der Waals surface area contributed by atoms with Crippen molar-refractivity contribution >= 4 is 23.0 Å². The fraction of sp³-hybridized carbons (Fsp3) is 0. The number of carbonyl (C=O) groups is 1. The van der Waals surface area contributed by atoms with Crippen LogP contribution in [0.25, 0.3) is 0 Å². The van der Waals surface area contributed by atoms with Crippen molar-refractivity contribution in [2.45, 2.75) is 0 Å². The largest absolute Gasteiger partial charge is 0.399 e. The van der Waals surface area contributed by atoms with Gasteiger partial charge < -0.3 is 15.6 Å². The number of amides is 1. The Balaban J connectivity index is 2.34. The first kappa shape index (κ1) is 11.6. The number of carbonyl (C=O) groups excluding carboxylic acids is 1. The molecule has 0 saturated heterocycles. The van der Waals surface area contributed by atoms with Crippen LogP contribution in [-0.4, -0.2) is 16.0 Å². The number of rotatable bonds is 3. The average Bonchev–Trinajstić information content (AvgIpc) is 2.81. The molecule has 8 nitrogen and oxygen atoms in total. The molecular formula is C10H8N4O4. The summed E-state index contributed by atoms with van der Waals surface area (Å²) >= 11 is 0. The lowest BCUT2D eigenvalue weighted by atomic mass is 10.1. The van der Waals surface area contributed by atoms with Gasteiger partial charge in [0.05, 0.1) is 11.1 Å². The number of anilines is 2. The van der Waals surface area contributed by atoms with Gasteiger partial charge in [0.25, 0.3) is 11.6 Å². The van der Waals surface area contributed by atoms with Gasteiger partial charge in [-0.3, -0.25) is 14.9 Å². The zero-order valence-electron chi connectivity index (χ0n) is 8.99. The molecule has 18 heavy (non-hydrogen) atoms. The second-order valence-corrected chi connectivity index (χ2v) is 3.40. The monoisotopic (exact) mass is 248 g/mol. The third-order valence-electron chi connectivity index (χ3n) is 2.15. The van der Waals surface area contributed by atoms with E-state index >= 15 is 0 Å². The zero-order valence-corrected chi connectivity index (χ0v) is 8.99. The van der Waals surface area contributed by atoms with Crippen LogP contribution in [0.15, 0.2) is 35.2 Å². The Bertz CT molecular complexity index is 594. The van der Waals surface area contributed by atoms with E-state index in [-0.39, 0.29) is 16.9 Å². The minimum atomic E-state index is -0.655. The second-order valence-electron chi connectivity index (χ2n) is 3.40. The molecule has 92 valence electrons. The van der Waals surface area contributed by atoms with Crippen molar-refractivity contribution < 1.29 is 14.2 Å². The highest BCUT2D eigenvalue weighted by molar-refractivity contribution is 6.07. The van der Waals surface area contributed by atoms with Gasteiger partial charge in [0.1, 0.15) is 17.5 Å². The van der Waals surface area contributed by atoms with E-state index in [4.69, 9.17) is 5.73 Å². The number of benzene rings is 1. The Morgan fingerprint density at radius 3 is 2.89 bits per heavy atom. The lowest BCUT2D eigenvalue weighted by Gasteiger charge is -2.04. The standard InChI is InChI=1S/C10H8N4O4/c11-6-1-2-9(14(16)17)8(3-6)10(15)13-7-4-12-18-5-7/h1-5H,11H2,(H,13,15). The lowest BCUT2D eigenvalue weighted by Crippen LogP contribution is -2.14. The molecule has 2 aromatic rings. The van der Waals surface area contributed by atoms with Crippen LogP contribution in [0.3, 0.4) is 0 Å². The average molecular weight is 248 g/mol. The number of hydrogen-bond acceptors (Lipinski definition) is 6. The molecule has 0 atom stereocenters. The summed E-state index contributed by atoms with van der Waals surface area (Å²) in [5, 5.41) is 16.6. The zero-order chi connectivity index (χ0) is 13.1. The maximum absolute atomic E-state index is 11.8. The molecule has 2 rings (SSSR count). The molecule has 0 saturated carbocycles. The maximum atomic E-state index is 11.8. The number of nitro groups is 1. The fourth-order valence-electron chi connectivity index (χ4n) is 1.36. The molecule has 0 spiro atoms. The topological polar surface area (TPSA) is 124 Å². The molecule has 1 amide bonds. The van der Waals surface area contributed by atoms with Crippen molar-refractivity contribution in [1.82, 2.24) is 5.16 Å². The lowest BCUT2D eigenvalue weighted by molar-refractivity contribution is -0.385. The van der Waals surface area contributed by atoms with Crippen LogP contribution >= 0.6 is 0 Å². The summed E-state index contributed by atoms with van der Waals surface area (Å²) in [4.78, 5) is 22.0. The van der Waals surface area contributed by atoms with Gasteiger partial charge in [-0.2, -0.15) is 0 Å². The summed E-state index contributed by atoms with van der Waals surface area (Å²) in [6.45, 7) is 0. The first-order chi connectivity index (χ1) is 8.58. The van der Waals surface area contributed by atoms with Crippen LogP contribution < -0.4 is 11.1 Å². The fourth-order valence-corrected chi connectivity index (χ4v) is 1.36. The number of nitrogens with one attached hydrogen (secondary N) is 1. The van der Waals surface area contributed by atoms with Gasteiger partial charge in [-0.1, -0.05) is 5.16 Å². The summed E-state index contributed by atoms with van der Waals surface area (Å²) in [6.07, 6.45) is 2.48. The summed E-state index contributed by atoms with van der Waals surface area (Å²) in [6, 6.07) is 3.77. The highest BCUT2D eigenvalue weighted by Crippen LogP contribution is 2.22. The van der Waals surface area contributed by atoms with Gasteiger partial charge >= 0.3 is 0 Å².